The van der Waals surface area contributed by atoms with Gasteiger partial charge in [-0.05, 0) is 19.2 Å². The molecule has 1 aliphatic rings. The Kier molecular flexibility index (Phi) is 5.91. The standard InChI is InChI=1S/C23H26N4O2/c1-26-13-15-27(16-14-26)20-10-6-5-9-19(20)25-22(28)11-12-23-24-17-21(29-23)18-7-3-2-4-8-18/h2-10,17H,11-16H2,1H3,(H,25,28). The van der Waals surface area contributed by atoms with Crippen molar-refractivity contribution in [2.45, 2.75) is 12.8 Å². The maximum atomic E-state index is 12.5. The van der Waals surface area contributed by atoms with Crippen molar-refractivity contribution in [1.82, 2.24) is 9.88 Å². The number of aromatic nitrogens is 1. The number of anilines is 2. The molecule has 6 heteroatoms. The van der Waals surface area contributed by atoms with Gasteiger partial charge in [-0.2, -0.15) is 0 Å². The SMILES string of the molecule is CN1CCN(c2ccccc2NC(=O)CCc2ncc(-c3ccccc3)o2)CC1. The highest BCUT2D eigenvalue weighted by atomic mass is 16.4. The first-order valence-electron chi connectivity index (χ1n) is 10.0. The molecule has 150 valence electrons. The molecule has 1 aromatic heterocycles. The number of hydrogen-bond donors (Lipinski definition) is 1. The minimum Gasteiger partial charge on any atom is -0.441 e. The van der Waals surface area contributed by atoms with Gasteiger partial charge in [0, 0.05) is 44.6 Å². The number of nitrogens with zero attached hydrogens (tertiary/aromatic N) is 3. The van der Waals surface area contributed by atoms with E-state index in [1.165, 1.54) is 0 Å². The lowest BCUT2D eigenvalue weighted by atomic mass is 10.2. The molecule has 3 aromatic rings. The summed E-state index contributed by atoms with van der Waals surface area (Å²) in [6.07, 6.45) is 2.51. The van der Waals surface area contributed by atoms with Crippen molar-refractivity contribution in [3.05, 3.63) is 66.7 Å². The van der Waals surface area contributed by atoms with Crippen LogP contribution in [0.4, 0.5) is 11.4 Å². The molecule has 2 heterocycles. The minimum absolute atomic E-state index is 0.0361. The number of amides is 1. The Balaban J connectivity index is 1.35. The number of carbonyl (C=O) groups is 1. The molecule has 2 aromatic carbocycles. The second-order valence-electron chi connectivity index (χ2n) is 7.34. The van der Waals surface area contributed by atoms with Crippen molar-refractivity contribution in [1.29, 1.82) is 0 Å². The van der Waals surface area contributed by atoms with E-state index in [1.54, 1.807) is 6.20 Å². The van der Waals surface area contributed by atoms with Crippen LogP contribution in [0.5, 0.6) is 0 Å². The number of rotatable bonds is 6. The average molecular weight is 390 g/mol. The summed E-state index contributed by atoms with van der Waals surface area (Å²) in [6, 6.07) is 17.8. The first kappa shape index (κ1) is 19.2. The summed E-state index contributed by atoms with van der Waals surface area (Å²) in [5, 5.41) is 3.06. The minimum atomic E-state index is -0.0361. The molecule has 1 aliphatic heterocycles. The van der Waals surface area contributed by atoms with Crippen molar-refractivity contribution < 1.29 is 9.21 Å². The van der Waals surface area contributed by atoms with E-state index in [1.807, 2.05) is 48.5 Å². The van der Waals surface area contributed by atoms with Crippen LogP contribution in [0.2, 0.25) is 0 Å². The van der Waals surface area contributed by atoms with E-state index in [0.29, 0.717) is 18.7 Å². The molecule has 1 amide bonds. The molecule has 4 rings (SSSR count). The number of likely N-dealkylation sites (N-methyl/N-ethyl adjacent to an activating group) is 1. The lowest BCUT2D eigenvalue weighted by Gasteiger charge is -2.35. The number of piperazine rings is 1. The lowest BCUT2D eigenvalue weighted by Crippen LogP contribution is -2.44. The van der Waals surface area contributed by atoms with Gasteiger partial charge in [-0.1, -0.05) is 42.5 Å². The molecular weight excluding hydrogens is 364 g/mol. The Morgan fingerprint density at radius 1 is 1.03 bits per heavy atom. The number of carbonyl (C=O) groups excluding carboxylic acids is 1. The van der Waals surface area contributed by atoms with Crippen LogP contribution in [0.25, 0.3) is 11.3 Å². The maximum Gasteiger partial charge on any atom is 0.224 e. The van der Waals surface area contributed by atoms with Crippen LogP contribution in [-0.4, -0.2) is 49.0 Å². The van der Waals surface area contributed by atoms with Crippen molar-refractivity contribution >= 4 is 17.3 Å². The summed E-state index contributed by atoms with van der Waals surface area (Å²) < 4.78 is 5.80. The maximum absolute atomic E-state index is 12.5. The molecule has 1 saturated heterocycles. The van der Waals surface area contributed by atoms with Crippen molar-refractivity contribution in [3.63, 3.8) is 0 Å². The second kappa shape index (κ2) is 8.92. The first-order chi connectivity index (χ1) is 14.2. The van der Waals surface area contributed by atoms with Gasteiger partial charge < -0.3 is 19.5 Å². The molecule has 0 aliphatic carbocycles. The van der Waals surface area contributed by atoms with Gasteiger partial charge in [0.15, 0.2) is 11.7 Å². The number of para-hydroxylation sites is 2. The van der Waals surface area contributed by atoms with Gasteiger partial charge in [0.05, 0.1) is 17.6 Å². The van der Waals surface area contributed by atoms with E-state index in [2.05, 4.69) is 33.2 Å². The zero-order chi connectivity index (χ0) is 20.1. The van der Waals surface area contributed by atoms with Gasteiger partial charge in [0.1, 0.15) is 0 Å². The van der Waals surface area contributed by atoms with Crippen molar-refractivity contribution in [2.24, 2.45) is 0 Å². The van der Waals surface area contributed by atoms with Crippen LogP contribution in [-0.2, 0) is 11.2 Å². The smallest absolute Gasteiger partial charge is 0.224 e. The molecule has 1 N–H and O–H groups in total. The van der Waals surface area contributed by atoms with E-state index >= 15 is 0 Å². The van der Waals surface area contributed by atoms with Crippen molar-refractivity contribution in [3.8, 4) is 11.3 Å². The van der Waals surface area contributed by atoms with Crippen LogP contribution in [0, 0.1) is 0 Å². The quantitative estimate of drug-likeness (QED) is 0.696. The van der Waals surface area contributed by atoms with E-state index in [9.17, 15) is 4.79 Å². The number of aryl methyl sites for hydroxylation is 1. The molecular formula is C23H26N4O2. The normalized spacial score (nSPS) is 14.7. The molecule has 6 nitrogen and oxygen atoms in total. The third-order valence-electron chi connectivity index (χ3n) is 5.20. The highest BCUT2D eigenvalue weighted by Crippen LogP contribution is 2.27. The van der Waals surface area contributed by atoms with Crippen LogP contribution >= 0.6 is 0 Å². The van der Waals surface area contributed by atoms with E-state index in [-0.39, 0.29) is 5.91 Å². The third-order valence-corrected chi connectivity index (χ3v) is 5.20. The number of nitrogens with one attached hydrogen (secondary N) is 1. The van der Waals surface area contributed by atoms with Gasteiger partial charge in [0.25, 0.3) is 0 Å². The van der Waals surface area contributed by atoms with Gasteiger partial charge in [-0.15, -0.1) is 0 Å². The fourth-order valence-corrected chi connectivity index (χ4v) is 3.50. The molecule has 0 unspecified atom stereocenters. The summed E-state index contributed by atoms with van der Waals surface area (Å²) >= 11 is 0. The van der Waals surface area contributed by atoms with Crippen LogP contribution in [0.15, 0.2) is 65.2 Å². The highest BCUT2D eigenvalue weighted by Gasteiger charge is 2.18. The number of hydrogen-bond acceptors (Lipinski definition) is 5. The summed E-state index contributed by atoms with van der Waals surface area (Å²) in [7, 11) is 2.14. The molecule has 0 saturated carbocycles. The second-order valence-corrected chi connectivity index (χ2v) is 7.34. The lowest BCUT2D eigenvalue weighted by molar-refractivity contribution is -0.116. The predicted octanol–water partition coefficient (Wildman–Crippen LogP) is 3.66. The van der Waals surface area contributed by atoms with E-state index in [0.717, 1.165) is 48.9 Å². The van der Waals surface area contributed by atoms with E-state index in [4.69, 9.17) is 4.42 Å². The first-order valence-corrected chi connectivity index (χ1v) is 10.0. The highest BCUT2D eigenvalue weighted by molar-refractivity contribution is 5.94. The Labute approximate surface area is 171 Å². The van der Waals surface area contributed by atoms with Crippen LogP contribution < -0.4 is 10.2 Å². The summed E-state index contributed by atoms with van der Waals surface area (Å²) in [5.74, 6) is 1.26. The molecule has 29 heavy (non-hydrogen) atoms. The molecule has 1 fully saturated rings. The summed E-state index contributed by atoms with van der Waals surface area (Å²) in [5.41, 5.74) is 2.92. The Hall–Kier alpha value is -3.12. The molecule has 0 spiro atoms. The van der Waals surface area contributed by atoms with Crippen LogP contribution in [0.3, 0.4) is 0 Å². The zero-order valence-corrected chi connectivity index (χ0v) is 16.7. The largest absolute Gasteiger partial charge is 0.441 e. The Bertz CT molecular complexity index is 946. The topological polar surface area (TPSA) is 61.6 Å². The summed E-state index contributed by atoms with van der Waals surface area (Å²) in [4.78, 5) is 21.5. The van der Waals surface area contributed by atoms with Crippen molar-refractivity contribution in [2.75, 3.05) is 43.4 Å². The summed E-state index contributed by atoms with van der Waals surface area (Å²) in [6.45, 7) is 3.97. The van der Waals surface area contributed by atoms with Gasteiger partial charge in [0.2, 0.25) is 5.91 Å². The number of oxazole rings is 1. The van der Waals surface area contributed by atoms with E-state index < -0.39 is 0 Å². The monoisotopic (exact) mass is 390 g/mol. The Morgan fingerprint density at radius 3 is 2.55 bits per heavy atom. The fraction of sp³-hybridized carbons (Fsp3) is 0.304. The van der Waals surface area contributed by atoms with Crippen LogP contribution in [0.1, 0.15) is 12.3 Å². The zero-order valence-electron chi connectivity index (χ0n) is 16.7. The van der Waals surface area contributed by atoms with Gasteiger partial charge >= 0.3 is 0 Å². The molecule has 0 atom stereocenters. The van der Waals surface area contributed by atoms with Gasteiger partial charge in [-0.3, -0.25) is 4.79 Å². The molecule has 0 radical (unpaired) electrons. The molecule has 0 bridgehead atoms. The average Bonchev–Trinajstić information content (AvgIpc) is 3.23. The predicted molar refractivity (Wildman–Crippen MR) is 115 cm³/mol. The fourth-order valence-electron chi connectivity index (χ4n) is 3.50. The van der Waals surface area contributed by atoms with Gasteiger partial charge in [-0.25, -0.2) is 4.98 Å². The third kappa shape index (κ3) is 4.84. The number of benzene rings is 2. The Morgan fingerprint density at radius 2 is 1.76 bits per heavy atom.